The van der Waals surface area contributed by atoms with Gasteiger partial charge >= 0.3 is 0 Å². The van der Waals surface area contributed by atoms with Crippen molar-refractivity contribution in [1.82, 2.24) is 0 Å². The van der Waals surface area contributed by atoms with Crippen LogP contribution in [-0.2, 0) is 0 Å². The molecule has 0 spiro atoms. The topological polar surface area (TPSA) is 21.6 Å². The van der Waals surface area contributed by atoms with E-state index in [9.17, 15) is 0 Å². The second kappa shape index (κ2) is 5.50. The third-order valence-electron chi connectivity index (χ3n) is 2.82. The van der Waals surface area contributed by atoms with Crippen molar-refractivity contribution in [2.45, 2.75) is 13.8 Å². The quantitative estimate of drug-likeness (QED) is 0.740. The summed E-state index contributed by atoms with van der Waals surface area (Å²) in [5.74, 6) is 0.893. The minimum atomic E-state index is 0.893. The van der Waals surface area contributed by atoms with Gasteiger partial charge in [0, 0.05) is 6.21 Å². The van der Waals surface area contributed by atoms with E-state index in [0.29, 0.717) is 0 Å². The minimum Gasteiger partial charge on any atom is -0.496 e. The van der Waals surface area contributed by atoms with Crippen LogP contribution in [0.4, 0.5) is 5.69 Å². The highest BCUT2D eigenvalue weighted by molar-refractivity contribution is 5.82. The number of aliphatic imine (C=N–C) groups is 1. The predicted molar refractivity (Wildman–Crippen MR) is 76.2 cm³/mol. The highest BCUT2D eigenvalue weighted by atomic mass is 16.5. The van der Waals surface area contributed by atoms with Crippen LogP contribution in [0.5, 0.6) is 5.75 Å². The Hall–Kier alpha value is -2.09. The van der Waals surface area contributed by atoms with E-state index < -0.39 is 0 Å². The second-order valence-corrected chi connectivity index (χ2v) is 4.32. The van der Waals surface area contributed by atoms with E-state index in [2.05, 4.69) is 36.2 Å². The summed E-state index contributed by atoms with van der Waals surface area (Å²) >= 11 is 0. The number of rotatable bonds is 3. The first-order valence-electron chi connectivity index (χ1n) is 5.94. The molecular weight excluding hydrogens is 222 g/mol. The van der Waals surface area contributed by atoms with Gasteiger partial charge in [-0.1, -0.05) is 29.8 Å². The lowest BCUT2D eigenvalue weighted by molar-refractivity contribution is 0.412. The van der Waals surface area contributed by atoms with E-state index in [1.54, 1.807) is 7.11 Å². The number of nitrogens with zero attached hydrogens (tertiary/aromatic N) is 1. The summed E-state index contributed by atoms with van der Waals surface area (Å²) < 4.78 is 5.22. The Balaban J connectivity index is 2.18. The molecule has 0 aliphatic rings. The Bertz CT molecular complexity index is 556. The largest absolute Gasteiger partial charge is 0.496 e. The van der Waals surface area contributed by atoms with Crippen molar-refractivity contribution in [3.05, 3.63) is 59.2 Å². The van der Waals surface area contributed by atoms with E-state index >= 15 is 0 Å². The minimum absolute atomic E-state index is 0.893. The van der Waals surface area contributed by atoms with Gasteiger partial charge < -0.3 is 4.74 Å². The van der Waals surface area contributed by atoms with Crippen LogP contribution in [0.15, 0.2) is 47.5 Å². The summed E-state index contributed by atoms with van der Waals surface area (Å²) in [5, 5.41) is 0. The molecule has 18 heavy (non-hydrogen) atoms. The van der Waals surface area contributed by atoms with E-state index in [1.165, 1.54) is 5.56 Å². The molecule has 0 amide bonds. The van der Waals surface area contributed by atoms with E-state index in [0.717, 1.165) is 22.6 Å². The molecule has 2 aromatic rings. The molecule has 2 aromatic carbocycles. The highest BCUT2D eigenvalue weighted by Gasteiger charge is 1.98. The van der Waals surface area contributed by atoms with Crippen molar-refractivity contribution in [1.29, 1.82) is 0 Å². The number of ether oxygens (including phenoxy) is 1. The fourth-order valence-electron chi connectivity index (χ4n) is 1.74. The molecule has 0 aromatic heterocycles. The molecule has 0 heterocycles. The number of hydrogen-bond donors (Lipinski definition) is 0. The van der Waals surface area contributed by atoms with Gasteiger partial charge in [-0.3, -0.25) is 4.99 Å². The van der Waals surface area contributed by atoms with Crippen LogP contribution in [-0.4, -0.2) is 13.3 Å². The Morgan fingerprint density at radius 1 is 1.00 bits per heavy atom. The molecule has 2 heteroatoms. The molecule has 0 atom stereocenters. The summed E-state index contributed by atoms with van der Waals surface area (Å²) in [6.45, 7) is 4.09. The van der Waals surface area contributed by atoms with Gasteiger partial charge in [-0.05, 0) is 43.2 Å². The molecule has 0 radical (unpaired) electrons. The Labute approximate surface area is 108 Å². The van der Waals surface area contributed by atoms with Crippen molar-refractivity contribution in [2.24, 2.45) is 4.99 Å². The van der Waals surface area contributed by atoms with Gasteiger partial charge in [-0.25, -0.2) is 0 Å². The lowest BCUT2D eigenvalue weighted by Crippen LogP contribution is -1.86. The maximum absolute atomic E-state index is 5.22. The van der Waals surface area contributed by atoms with Gasteiger partial charge in [0.05, 0.1) is 12.8 Å². The summed E-state index contributed by atoms with van der Waals surface area (Å²) in [6.07, 6.45) is 1.88. The zero-order valence-corrected chi connectivity index (χ0v) is 11.0. The molecule has 0 aliphatic carbocycles. The van der Waals surface area contributed by atoms with Crippen molar-refractivity contribution < 1.29 is 4.74 Å². The van der Waals surface area contributed by atoms with Gasteiger partial charge in [0.15, 0.2) is 0 Å². The third kappa shape index (κ3) is 2.98. The fourth-order valence-corrected chi connectivity index (χ4v) is 1.74. The lowest BCUT2D eigenvalue weighted by atomic mass is 10.1. The number of methoxy groups -OCH3 is 1. The van der Waals surface area contributed by atoms with Crippen LogP contribution < -0.4 is 4.74 Å². The highest BCUT2D eigenvalue weighted by Crippen LogP contribution is 2.23. The van der Waals surface area contributed by atoms with Crippen LogP contribution in [0.1, 0.15) is 16.7 Å². The number of aryl methyl sites for hydroxylation is 2. The van der Waals surface area contributed by atoms with Gasteiger partial charge in [0.2, 0.25) is 0 Å². The summed E-state index contributed by atoms with van der Waals surface area (Å²) in [6, 6.07) is 14.2. The fraction of sp³-hybridized carbons (Fsp3) is 0.188. The molecule has 0 saturated heterocycles. The van der Waals surface area contributed by atoms with Crippen LogP contribution >= 0.6 is 0 Å². The van der Waals surface area contributed by atoms with Crippen molar-refractivity contribution in [3.63, 3.8) is 0 Å². The smallest absolute Gasteiger partial charge is 0.121 e. The maximum Gasteiger partial charge on any atom is 0.121 e. The average Bonchev–Trinajstić information content (AvgIpc) is 2.38. The van der Waals surface area contributed by atoms with E-state index in [1.807, 2.05) is 31.3 Å². The van der Waals surface area contributed by atoms with Gasteiger partial charge in [-0.15, -0.1) is 0 Å². The normalized spacial score (nSPS) is 10.8. The first-order valence-corrected chi connectivity index (χ1v) is 5.94. The molecule has 0 unspecified atom stereocenters. The summed E-state index contributed by atoms with van der Waals surface area (Å²) in [7, 11) is 1.68. The molecule has 2 nitrogen and oxygen atoms in total. The Morgan fingerprint density at radius 2 is 1.72 bits per heavy atom. The zero-order chi connectivity index (χ0) is 13.0. The van der Waals surface area contributed by atoms with Gasteiger partial charge in [0.25, 0.3) is 0 Å². The molecule has 92 valence electrons. The van der Waals surface area contributed by atoms with Crippen molar-refractivity contribution >= 4 is 11.9 Å². The number of benzene rings is 2. The molecule has 0 saturated carbocycles. The maximum atomic E-state index is 5.22. The SMILES string of the molecule is COc1ccc(N=Cc2ccc(C)cc2)cc1C. The monoisotopic (exact) mass is 239 g/mol. The third-order valence-corrected chi connectivity index (χ3v) is 2.82. The summed E-state index contributed by atoms with van der Waals surface area (Å²) in [4.78, 5) is 4.46. The first-order chi connectivity index (χ1) is 8.69. The number of hydrogen-bond acceptors (Lipinski definition) is 2. The van der Waals surface area contributed by atoms with Gasteiger partial charge in [0.1, 0.15) is 5.75 Å². The molecular formula is C16H17NO. The standard InChI is InChI=1S/C16H17NO/c1-12-4-6-14(7-5-12)11-17-15-8-9-16(18-3)13(2)10-15/h4-11H,1-3H3. The van der Waals surface area contributed by atoms with Gasteiger partial charge in [-0.2, -0.15) is 0 Å². The zero-order valence-electron chi connectivity index (χ0n) is 11.0. The van der Waals surface area contributed by atoms with Crippen LogP contribution in [0, 0.1) is 13.8 Å². The summed E-state index contributed by atoms with van der Waals surface area (Å²) in [5.41, 5.74) is 4.39. The lowest BCUT2D eigenvalue weighted by Gasteiger charge is -2.04. The first kappa shape index (κ1) is 12.4. The Morgan fingerprint density at radius 3 is 2.33 bits per heavy atom. The van der Waals surface area contributed by atoms with Crippen LogP contribution in [0.2, 0.25) is 0 Å². The molecule has 0 fully saturated rings. The van der Waals surface area contributed by atoms with Crippen molar-refractivity contribution in [3.8, 4) is 5.75 Å². The van der Waals surface area contributed by atoms with Crippen LogP contribution in [0.25, 0.3) is 0 Å². The molecule has 0 N–H and O–H groups in total. The second-order valence-electron chi connectivity index (χ2n) is 4.32. The van der Waals surface area contributed by atoms with Crippen LogP contribution in [0.3, 0.4) is 0 Å². The van der Waals surface area contributed by atoms with E-state index in [4.69, 9.17) is 4.74 Å². The molecule has 2 rings (SSSR count). The predicted octanol–water partition coefficient (Wildman–Crippen LogP) is 4.06. The van der Waals surface area contributed by atoms with E-state index in [-0.39, 0.29) is 0 Å². The average molecular weight is 239 g/mol. The van der Waals surface area contributed by atoms with Crippen molar-refractivity contribution in [2.75, 3.05) is 7.11 Å². The Kier molecular flexibility index (Phi) is 3.78. The molecule has 0 bridgehead atoms. The molecule has 0 aliphatic heterocycles.